The molecule has 13 heavy (non-hydrogen) atoms. The van der Waals surface area contributed by atoms with Crippen LogP contribution in [0.4, 0.5) is 8.78 Å². The number of thiol groups is 1. The highest BCUT2D eigenvalue weighted by molar-refractivity contribution is 7.80. The monoisotopic (exact) mass is 220 g/mol. The molecule has 0 bridgehead atoms. The Bertz CT molecular complexity index is 337. The Hall–Kier alpha value is -0.540. The lowest BCUT2D eigenvalue weighted by Gasteiger charge is -2.00. The van der Waals surface area contributed by atoms with Crippen LogP contribution < -0.4 is 0 Å². The summed E-state index contributed by atoms with van der Waals surface area (Å²) in [6.45, 7) is 0. The zero-order chi connectivity index (χ0) is 9.84. The predicted octanol–water partition coefficient (Wildman–Crippen LogP) is 3.56. The van der Waals surface area contributed by atoms with Crippen molar-refractivity contribution in [2.24, 2.45) is 0 Å². The molecule has 1 rings (SSSR count). The third-order valence-corrected chi connectivity index (χ3v) is 2.06. The molecule has 0 nitrogen and oxygen atoms in total. The molecule has 0 radical (unpaired) electrons. The molecule has 70 valence electrons. The van der Waals surface area contributed by atoms with Crippen molar-refractivity contribution in [3.63, 3.8) is 0 Å². The van der Waals surface area contributed by atoms with Crippen molar-refractivity contribution in [2.75, 3.05) is 5.75 Å². The molecule has 1 aromatic rings. The van der Waals surface area contributed by atoms with Gasteiger partial charge in [0.15, 0.2) is 0 Å². The fourth-order valence-electron chi connectivity index (χ4n) is 0.866. The summed E-state index contributed by atoms with van der Waals surface area (Å²) in [6, 6.07) is 2.04. The van der Waals surface area contributed by atoms with Crippen LogP contribution in [0.3, 0.4) is 0 Å². The molecular formula is C9H7ClF2S. The molecule has 0 saturated carbocycles. The Balaban J connectivity index is 3.17. The Morgan fingerprint density at radius 2 is 1.92 bits per heavy atom. The van der Waals surface area contributed by atoms with E-state index in [4.69, 9.17) is 11.6 Å². The van der Waals surface area contributed by atoms with Gasteiger partial charge in [-0.15, -0.1) is 0 Å². The average Bonchev–Trinajstić information content (AvgIpc) is 2.12. The largest absolute Gasteiger partial charge is 0.206 e. The van der Waals surface area contributed by atoms with Crippen LogP contribution in [-0.4, -0.2) is 5.75 Å². The van der Waals surface area contributed by atoms with Crippen LogP contribution in [0.15, 0.2) is 18.2 Å². The van der Waals surface area contributed by atoms with E-state index < -0.39 is 11.6 Å². The van der Waals surface area contributed by atoms with Gasteiger partial charge in [-0.1, -0.05) is 23.8 Å². The first-order valence-corrected chi connectivity index (χ1v) is 4.58. The van der Waals surface area contributed by atoms with Crippen LogP contribution in [0.2, 0.25) is 5.02 Å². The fraction of sp³-hybridized carbons (Fsp3) is 0.111. The van der Waals surface area contributed by atoms with E-state index in [0.29, 0.717) is 5.75 Å². The molecule has 0 fully saturated rings. The van der Waals surface area contributed by atoms with E-state index in [1.165, 1.54) is 6.08 Å². The molecule has 0 amide bonds. The van der Waals surface area contributed by atoms with E-state index in [9.17, 15) is 8.78 Å². The standard InChI is InChI=1S/C9H7ClF2S/c10-9-6(2-1-5-13)7(11)3-4-8(9)12/h1-4,13H,5H2. The number of hydrogen-bond acceptors (Lipinski definition) is 1. The van der Waals surface area contributed by atoms with Gasteiger partial charge in [-0.05, 0) is 12.1 Å². The van der Waals surface area contributed by atoms with Crippen molar-refractivity contribution in [2.45, 2.75) is 0 Å². The van der Waals surface area contributed by atoms with Crippen molar-refractivity contribution in [1.29, 1.82) is 0 Å². The van der Waals surface area contributed by atoms with Gasteiger partial charge in [-0.3, -0.25) is 0 Å². The van der Waals surface area contributed by atoms with E-state index in [2.05, 4.69) is 12.6 Å². The molecule has 0 heterocycles. The second-order valence-electron chi connectivity index (χ2n) is 2.34. The van der Waals surface area contributed by atoms with Gasteiger partial charge in [-0.2, -0.15) is 12.6 Å². The zero-order valence-corrected chi connectivity index (χ0v) is 8.25. The topological polar surface area (TPSA) is 0 Å². The summed E-state index contributed by atoms with van der Waals surface area (Å²) in [6.07, 6.45) is 3.00. The molecule has 0 unspecified atom stereocenters. The number of rotatable bonds is 2. The van der Waals surface area contributed by atoms with Crippen molar-refractivity contribution in [3.8, 4) is 0 Å². The van der Waals surface area contributed by atoms with Crippen LogP contribution in [0.1, 0.15) is 5.56 Å². The normalized spacial score (nSPS) is 11.1. The summed E-state index contributed by atoms with van der Waals surface area (Å²) in [7, 11) is 0. The Labute approximate surface area is 85.6 Å². The van der Waals surface area contributed by atoms with E-state index >= 15 is 0 Å². The van der Waals surface area contributed by atoms with Gasteiger partial charge in [-0.25, -0.2) is 8.78 Å². The molecule has 0 aromatic heterocycles. The van der Waals surface area contributed by atoms with Crippen molar-refractivity contribution in [3.05, 3.63) is 40.4 Å². The van der Waals surface area contributed by atoms with Crippen molar-refractivity contribution >= 4 is 30.3 Å². The third kappa shape index (κ3) is 2.45. The maximum atomic E-state index is 13.0. The molecule has 4 heteroatoms. The van der Waals surface area contributed by atoms with Crippen LogP contribution in [0.5, 0.6) is 0 Å². The van der Waals surface area contributed by atoms with Gasteiger partial charge < -0.3 is 0 Å². The molecule has 0 atom stereocenters. The van der Waals surface area contributed by atoms with Gasteiger partial charge >= 0.3 is 0 Å². The summed E-state index contributed by atoms with van der Waals surface area (Å²) < 4.78 is 25.9. The van der Waals surface area contributed by atoms with Gasteiger partial charge in [0.05, 0.1) is 5.02 Å². The second kappa shape index (κ2) is 4.63. The first-order chi connectivity index (χ1) is 6.16. The molecular weight excluding hydrogens is 214 g/mol. The molecule has 1 aromatic carbocycles. The van der Waals surface area contributed by atoms with Gasteiger partial charge in [0.1, 0.15) is 11.6 Å². The first-order valence-electron chi connectivity index (χ1n) is 3.57. The Morgan fingerprint density at radius 3 is 2.54 bits per heavy atom. The fourth-order valence-corrected chi connectivity index (χ4v) is 1.19. The maximum Gasteiger partial charge on any atom is 0.142 e. The molecule has 0 aliphatic heterocycles. The van der Waals surface area contributed by atoms with Gasteiger partial charge in [0.2, 0.25) is 0 Å². The predicted molar refractivity (Wildman–Crippen MR) is 54.3 cm³/mol. The summed E-state index contributed by atoms with van der Waals surface area (Å²) >= 11 is 9.44. The van der Waals surface area contributed by atoms with Crippen LogP contribution in [-0.2, 0) is 0 Å². The SMILES string of the molecule is Fc1ccc(F)c(C=CCS)c1Cl. The lowest BCUT2D eigenvalue weighted by atomic mass is 10.2. The highest BCUT2D eigenvalue weighted by Crippen LogP contribution is 2.23. The lowest BCUT2D eigenvalue weighted by molar-refractivity contribution is 0.598. The smallest absolute Gasteiger partial charge is 0.142 e. The van der Waals surface area contributed by atoms with Gasteiger partial charge in [0.25, 0.3) is 0 Å². The third-order valence-electron chi connectivity index (χ3n) is 1.47. The van der Waals surface area contributed by atoms with E-state index in [1.807, 2.05) is 0 Å². The minimum absolute atomic E-state index is 0.0655. The first kappa shape index (κ1) is 10.5. The second-order valence-corrected chi connectivity index (χ2v) is 3.08. The van der Waals surface area contributed by atoms with E-state index in [0.717, 1.165) is 12.1 Å². The quantitative estimate of drug-likeness (QED) is 0.572. The Kier molecular flexibility index (Phi) is 3.75. The van der Waals surface area contributed by atoms with Crippen molar-refractivity contribution in [1.82, 2.24) is 0 Å². The number of halogens is 3. The molecule has 0 aliphatic rings. The highest BCUT2D eigenvalue weighted by Gasteiger charge is 2.08. The highest BCUT2D eigenvalue weighted by atomic mass is 35.5. The molecule has 0 saturated heterocycles. The minimum atomic E-state index is -0.623. The summed E-state index contributed by atoms with van der Waals surface area (Å²) in [5.41, 5.74) is 0.0655. The van der Waals surface area contributed by atoms with Crippen molar-refractivity contribution < 1.29 is 8.78 Å². The molecule has 0 N–H and O–H groups in total. The van der Waals surface area contributed by atoms with E-state index in [-0.39, 0.29) is 10.6 Å². The molecule has 0 spiro atoms. The van der Waals surface area contributed by atoms with Crippen LogP contribution in [0, 0.1) is 11.6 Å². The number of hydrogen-bond donors (Lipinski definition) is 1. The lowest BCUT2D eigenvalue weighted by Crippen LogP contribution is -1.87. The van der Waals surface area contributed by atoms with Gasteiger partial charge in [0, 0.05) is 11.3 Å². The molecule has 0 aliphatic carbocycles. The number of benzene rings is 1. The minimum Gasteiger partial charge on any atom is -0.206 e. The Morgan fingerprint density at radius 1 is 1.31 bits per heavy atom. The average molecular weight is 221 g/mol. The van der Waals surface area contributed by atoms with Crippen LogP contribution in [0.25, 0.3) is 6.08 Å². The van der Waals surface area contributed by atoms with E-state index in [1.54, 1.807) is 6.08 Å². The maximum absolute atomic E-state index is 13.0. The summed E-state index contributed by atoms with van der Waals surface area (Å²) in [4.78, 5) is 0. The summed E-state index contributed by atoms with van der Waals surface area (Å²) in [5, 5.41) is -0.196. The zero-order valence-electron chi connectivity index (χ0n) is 6.60. The summed E-state index contributed by atoms with van der Waals surface area (Å²) in [5.74, 6) is -0.710. The van der Waals surface area contributed by atoms with Crippen LogP contribution >= 0.6 is 24.2 Å².